The molecule has 84 heavy (non-hydrogen) atoms. The Hall–Kier alpha value is -3.33. The van der Waals surface area contributed by atoms with Crippen LogP contribution in [0.3, 0.4) is 0 Å². The van der Waals surface area contributed by atoms with Crippen LogP contribution in [-0.2, 0) is 10.8 Å². The second-order valence-electron chi connectivity index (χ2n) is 29.5. The molecule has 2 fully saturated rings. The minimum atomic E-state index is -3.97. The zero-order valence-corrected chi connectivity index (χ0v) is 62.9. The molecule has 0 bridgehead atoms. The summed E-state index contributed by atoms with van der Waals surface area (Å²) in [6.45, 7) is 78.8. The second-order valence-corrected chi connectivity index (χ2v) is 29.5. The van der Waals surface area contributed by atoms with Gasteiger partial charge < -0.3 is 0 Å². The van der Waals surface area contributed by atoms with Crippen LogP contribution in [0.15, 0.2) is 60.7 Å². The SMILES string of the molecule is CC.CC.CC.CC(C)(C)C.CCC1(C(F)(F)F)CCCC1.CCC1(C)CCCC1.Cc1c(C(C)C)cc(C(C)C)cc1C(C)C.Cc1cc(C)c(C)c(C)c1.Cc1ccc(C(C)(C)C)cc1C(C)(C)C.Cc1ccc(C(C)C)cc1C(C)C. The molecule has 2 aliphatic rings. The van der Waals surface area contributed by atoms with Gasteiger partial charge in [-0.1, -0.05) is 299 Å². The Morgan fingerprint density at radius 1 is 0.405 bits per heavy atom. The number of aryl methyl sites for hydroxylation is 5. The summed E-state index contributed by atoms with van der Waals surface area (Å²) < 4.78 is 37.2. The van der Waals surface area contributed by atoms with Crippen molar-refractivity contribution in [2.75, 3.05) is 0 Å². The molecule has 3 heteroatoms. The minimum Gasteiger partial charge on any atom is -0.171 e. The highest BCUT2D eigenvalue weighted by atomic mass is 19.4. The van der Waals surface area contributed by atoms with Gasteiger partial charge in [0.25, 0.3) is 0 Å². The van der Waals surface area contributed by atoms with Gasteiger partial charge in [0.1, 0.15) is 0 Å². The molecule has 488 valence electrons. The topological polar surface area (TPSA) is 0 Å². The highest BCUT2D eigenvalue weighted by Crippen LogP contribution is 2.52. The van der Waals surface area contributed by atoms with E-state index in [1.54, 1.807) is 6.92 Å². The molecule has 0 N–H and O–H groups in total. The summed E-state index contributed by atoms with van der Waals surface area (Å²) in [5.41, 5.74) is 20.7. The standard InChI is InChI=1S/C16H26.C15H24.C13H20.C10H14.C8H13F3.C8H16.C5H12.3C2H6/c1-10(2)14-8-15(11(3)4)13(7)16(9-14)12(5)6;1-11-8-9-12(14(2,3)4)10-13(11)15(5,6)7;1-9(2)12-7-6-11(5)13(8-12)10(3)4;1-7-5-8(2)10(4)9(3)6-7;1-2-7(8(9,10)11)5-3-4-6-7;1-3-8(2)6-4-5-7-8;1-5(2,3)4;3*1-2/h8-12H,1-7H3;8-10H,1-7H3;6-10H,1-5H3;5-6H,1-4H3;2-6H2,1H3;3-7H2,1-2H3;1-4H3;3*1-2H3. The van der Waals surface area contributed by atoms with Gasteiger partial charge >= 0.3 is 6.18 Å². The lowest BCUT2D eigenvalue weighted by atomic mass is 9.79. The second kappa shape index (κ2) is 41.0. The molecule has 0 amide bonds. The number of benzene rings is 4. The van der Waals surface area contributed by atoms with Crippen molar-refractivity contribution in [1.29, 1.82) is 0 Å². The molecule has 2 aliphatic carbocycles. The largest absolute Gasteiger partial charge is 0.394 e. The molecule has 0 radical (unpaired) electrons. The highest BCUT2D eigenvalue weighted by molar-refractivity contribution is 5.43. The Balaban J connectivity index is -0.000000446. The van der Waals surface area contributed by atoms with E-state index in [9.17, 15) is 13.2 Å². The Morgan fingerprint density at radius 2 is 0.762 bits per heavy atom. The lowest BCUT2D eigenvalue weighted by Crippen LogP contribution is -2.34. The maximum absolute atomic E-state index is 12.4. The molecule has 0 atom stereocenters. The molecule has 0 aromatic heterocycles. The number of rotatable bonds is 7. The quantitative estimate of drug-likeness (QED) is 0.173. The molecule has 0 aliphatic heterocycles. The average Bonchev–Trinajstić information content (AvgIpc) is 4.27. The fourth-order valence-corrected chi connectivity index (χ4v) is 10.6. The average molecular weight is 1170 g/mol. The van der Waals surface area contributed by atoms with Crippen LogP contribution in [0.25, 0.3) is 0 Å². The summed E-state index contributed by atoms with van der Waals surface area (Å²) in [4.78, 5) is 0. The first-order valence-corrected chi connectivity index (χ1v) is 33.9. The maximum Gasteiger partial charge on any atom is 0.394 e. The van der Waals surface area contributed by atoms with Gasteiger partial charge in [-0.2, -0.15) is 13.2 Å². The molecule has 4 aromatic rings. The Morgan fingerprint density at radius 3 is 1.05 bits per heavy atom. The zero-order chi connectivity index (χ0) is 67.1. The van der Waals surface area contributed by atoms with E-state index in [4.69, 9.17) is 0 Å². The summed E-state index contributed by atoms with van der Waals surface area (Å²) in [5, 5.41) is 0. The van der Waals surface area contributed by atoms with Gasteiger partial charge in [-0.15, -0.1) is 0 Å². The number of alkyl halides is 3. The van der Waals surface area contributed by atoms with E-state index in [-0.39, 0.29) is 17.3 Å². The lowest BCUT2D eigenvalue weighted by Gasteiger charge is -2.29. The van der Waals surface area contributed by atoms with Crippen LogP contribution in [0, 0.1) is 64.7 Å². The van der Waals surface area contributed by atoms with Crippen molar-refractivity contribution in [2.24, 2.45) is 16.2 Å². The predicted octanol–water partition coefficient (Wildman–Crippen LogP) is 28.7. The zero-order valence-electron chi connectivity index (χ0n) is 62.9. The predicted molar refractivity (Wildman–Crippen MR) is 380 cm³/mol. The van der Waals surface area contributed by atoms with Crippen molar-refractivity contribution in [3.05, 3.63) is 139 Å². The van der Waals surface area contributed by atoms with Crippen LogP contribution < -0.4 is 0 Å². The molecule has 4 aromatic carbocycles. The summed E-state index contributed by atoms with van der Waals surface area (Å²) in [5.74, 6) is 3.14. The van der Waals surface area contributed by atoms with Crippen molar-refractivity contribution >= 4 is 0 Å². The summed E-state index contributed by atoms with van der Waals surface area (Å²) in [6, 6.07) is 23.0. The van der Waals surface area contributed by atoms with Gasteiger partial charge in [-0.05, 0) is 204 Å². The number of hydrogen-bond donors (Lipinski definition) is 0. The number of hydrogen-bond acceptors (Lipinski definition) is 0. The molecule has 6 rings (SSSR count). The van der Waals surface area contributed by atoms with E-state index in [1.165, 1.54) is 110 Å². The van der Waals surface area contributed by atoms with E-state index in [0.717, 1.165) is 18.3 Å². The van der Waals surface area contributed by atoms with Gasteiger partial charge in [0.05, 0.1) is 5.41 Å². The van der Waals surface area contributed by atoms with E-state index in [2.05, 4.69) is 261 Å². The van der Waals surface area contributed by atoms with Crippen molar-refractivity contribution in [2.45, 2.75) is 360 Å². The molecule has 0 nitrogen and oxygen atoms in total. The molecule has 0 saturated heterocycles. The lowest BCUT2D eigenvalue weighted by molar-refractivity contribution is -0.223. The summed E-state index contributed by atoms with van der Waals surface area (Å²) in [6.07, 6.45) is 5.73. The van der Waals surface area contributed by atoms with Crippen LogP contribution >= 0.6 is 0 Å². The highest BCUT2D eigenvalue weighted by Gasteiger charge is 2.54. The third kappa shape index (κ3) is 33.1. The van der Waals surface area contributed by atoms with E-state index in [0.29, 0.717) is 47.8 Å². The normalized spacial score (nSPS) is 14.1. The first-order chi connectivity index (χ1) is 38.4. The van der Waals surface area contributed by atoms with Crippen molar-refractivity contribution in [3.63, 3.8) is 0 Å². The third-order valence-corrected chi connectivity index (χ3v) is 16.5. The van der Waals surface area contributed by atoms with Crippen LogP contribution in [0.5, 0.6) is 0 Å². The first kappa shape index (κ1) is 87.1. The van der Waals surface area contributed by atoms with Gasteiger partial charge in [-0.3, -0.25) is 0 Å². The molecule has 0 unspecified atom stereocenters. The fraction of sp³-hybridized carbons (Fsp3) is 0.704. The fourth-order valence-electron chi connectivity index (χ4n) is 10.6. The van der Waals surface area contributed by atoms with Crippen molar-refractivity contribution < 1.29 is 13.2 Å². The van der Waals surface area contributed by atoms with Crippen LogP contribution in [0.1, 0.15) is 372 Å². The summed E-state index contributed by atoms with van der Waals surface area (Å²) in [7, 11) is 0. The van der Waals surface area contributed by atoms with E-state index < -0.39 is 11.6 Å². The van der Waals surface area contributed by atoms with Crippen LogP contribution in [0.2, 0.25) is 0 Å². The molecule has 0 spiro atoms. The minimum absolute atomic E-state index is 0.241. The number of halogens is 3. The molecule has 0 heterocycles. The maximum atomic E-state index is 12.4. The molecular formula is C81H143F3. The molecule has 2 saturated carbocycles. The Bertz CT molecular complexity index is 2270. The Kier molecular flexibility index (Phi) is 42.5. The monoisotopic (exact) mass is 1170 g/mol. The van der Waals surface area contributed by atoms with Gasteiger partial charge in [-0.25, -0.2) is 0 Å². The van der Waals surface area contributed by atoms with Gasteiger partial charge in [0.2, 0.25) is 0 Å². The van der Waals surface area contributed by atoms with Crippen molar-refractivity contribution in [1.82, 2.24) is 0 Å². The first-order valence-electron chi connectivity index (χ1n) is 33.9. The third-order valence-electron chi connectivity index (χ3n) is 16.5. The smallest absolute Gasteiger partial charge is 0.171 e. The van der Waals surface area contributed by atoms with Gasteiger partial charge in [0, 0.05) is 0 Å². The van der Waals surface area contributed by atoms with Crippen LogP contribution in [0.4, 0.5) is 13.2 Å². The van der Waals surface area contributed by atoms with Gasteiger partial charge in [0.15, 0.2) is 0 Å². The summed E-state index contributed by atoms with van der Waals surface area (Å²) >= 11 is 0. The molecular weight excluding hydrogens is 1030 g/mol. The van der Waals surface area contributed by atoms with E-state index >= 15 is 0 Å². The van der Waals surface area contributed by atoms with Crippen LogP contribution in [-0.4, -0.2) is 6.18 Å². The van der Waals surface area contributed by atoms with Crippen molar-refractivity contribution in [3.8, 4) is 0 Å². The van der Waals surface area contributed by atoms with E-state index in [1.807, 2.05) is 41.5 Å². The Labute approximate surface area is 525 Å².